The van der Waals surface area contributed by atoms with Crippen LogP contribution in [0.3, 0.4) is 0 Å². The van der Waals surface area contributed by atoms with Gasteiger partial charge in [-0.25, -0.2) is 8.78 Å². The van der Waals surface area contributed by atoms with Gasteiger partial charge in [-0.3, -0.25) is 0 Å². The summed E-state index contributed by atoms with van der Waals surface area (Å²) in [6.07, 6.45) is -2.41. The molecule has 1 rings (SSSR count). The van der Waals surface area contributed by atoms with Crippen LogP contribution in [0.25, 0.3) is 0 Å². The maximum absolute atomic E-state index is 11.8. The first kappa shape index (κ1) is 13.4. The minimum atomic E-state index is -2.44. The van der Waals surface area contributed by atoms with Gasteiger partial charge in [-0.05, 0) is 12.1 Å². The summed E-state index contributed by atoms with van der Waals surface area (Å²) in [6.45, 7) is -0.245. The molecule has 0 atom stereocenters. The topological polar surface area (TPSA) is 25.2 Å². The van der Waals surface area contributed by atoms with Crippen LogP contribution in [-0.4, -0.2) is 18.7 Å². The summed E-state index contributed by atoms with van der Waals surface area (Å²) in [5.41, 5.74) is 0. The van der Waals surface area contributed by atoms with E-state index in [4.69, 9.17) is 4.42 Å². The molecular formula is C9H11F4NOS. The number of rotatable bonds is 7. The molecule has 0 aliphatic rings. The predicted molar refractivity (Wildman–Crippen MR) is 53.7 cm³/mol. The van der Waals surface area contributed by atoms with Crippen LogP contribution in [0, 0.1) is 0 Å². The molecule has 92 valence electrons. The van der Waals surface area contributed by atoms with Gasteiger partial charge >= 0.3 is 0 Å². The molecule has 0 aliphatic heterocycles. The van der Waals surface area contributed by atoms with Crippen molar-refractivity contribution < 1.29 is 22.0 Å². The molecule has 0 fully saturated rings. The highest BCUT2D eigenvalue weighted by Gasteiger charge is 2.07. The van der Waals surface area contributed by atoms with Crippen molar-refractivity contribution in [1.82, 2.24) is 5.32 Å². The van der Waals surface area contributed by atoms with Gasteiger partial charge in [0.25, 0.3) is 12.2 Å². The Hall–Kier alpha value is -0.690. The van der Waals surface area contributed by atoms with E-state index >= 15 is 0 Å². The van der Waals surface area contributed by atoms with Crippen molar-refractivity contribution in [2.45, 2.75) is 24.5 Å². The molecule has 0 aromatic carbocycles. The monoisotopic (exact) mass is 257 g/mol. The number of furan rings is 1. The lowest BCUT2D eigenvalue weighted by Crippen LogP contribution is -2.20. The zero-order chi connectivity index (χ0) is 12.0. The molecule has 2 nitrogen and oxygen atoms in total. The highest BCUT2D eigenvalue weighted by Crippen LogP contribution is 2.21. The van der Waals surface area contributed by atoms with E-state index in [-0.39, 0.29) is 12.3 Å². The normalized spacial score (nSPS) is 11.6. The molecule has 16 heavy (non-hydrogen) atoms. The molecule has 0 bridgehead atoms. The zero-order valence-electron chi connectivity index (χ0n) is 8.26. The summed E-state index contributed by atoms with van der Waals surface area (Å²) in [5, 5.41) is 2.48. The number of hydrogen-bond donors (Lipinski definition) is 1. The molecule has 0 saturated heterocycles. The summed E-state index contributed by atoms with van der Waals surface area (Å²) < 4.78 is 52.4. The molecule has 1 aromatic rings. The van der Waals surface area contributed by atoms with Crippen LogP contribution in [0.4, 0.5) is 17.6 Å². The number of hydrogen-bond acceptors (Lipinski definition) is 3. The second kappa shape index (κ2) is 6.80. The average Bonchev–Trinajstić information content (AvgIpc) is 2.62. The Labute approximate surface area is 94.4 Å². The molecule has 0 amide bonds. The fourth-order valence-electron chi connectivity index (χ4n) is 1.04. The first-order chi connectivity index (χ1) is 7.58. The van der Waals surface area contributed by atoms with E-state index < -0.39 is 18.7 Å². The average molecular weight is 257 g/mol. The van der Waals surface area contributed by atoms with Gasteiger partial charge in [-0.1, -0.05) is 11.8 Å². The predicted octanol–water partition coefficient (Wildman–Crippen LogP) is 3.09. The number of alkyl halides is 4. The van der Waals surface area contributed by atoms with Gasteiger partial charge in [0.05, 0.1) is 18.8 Å². The van der Waals surface area contributed by atoms with Crippen LogP contribution in [0.15, 0.2) is 16.5 Å². The van der Waals surface area contributed by atoms with E-state index in [0.29, 0.717) is 23.3 Å². The Morgan fingerprint density at radius 2 is 1.88 bits per heavy atom. The van der Waals surface area contributed by atoms with Gasteiger partial charge in [0.2, 0.25) is 0 Å². The molecule has 0 saturated carbocycles. The van der Waals surface area contributed by atoms with Crippen molar-refractivity contribution in [3.63, 3.8) is 0 Å². The minimum absolute atomic E-state index is 0.0759. The molecule has 1 N–H and O–H groups in total. The first-order valence-electron chi connectivity index (χ1n) is 4.54. The minimum Gasteiger partial charge on any atom is -0.464 e. The van der Waals surface area contributed by atoms with E-state index in [1.807, 2.05) is 0 Å². The van der Waals surface area contributed by atoms with E-state index in [0.717, 1.165) is 0 Å². The van der Waals surface area contributed by atoms with Gasteiger partial charge in [0, 0.05) is 0 Å². The lowest BCUT2D eigenvalue weighted by Gasteiger charge is -2.01. The maximum Gasteiger partial charge on any atom is 0.284 e. The zero-order valence-corrected chi connectivity index (χ0v) is 9.08. The Morgan fingerprint density at radius 1 is 1.19 bits per heavy atom. The van der Waals surface area contributed by atoms with Crippen LogP contribution in [0.2, 0.25) is 0 Å². The van der Waals surface area contributed by atoms with Crippen LogP contribution >= 0.6 is 11.8 Å². The van der Waals surface area contributed by atoms with E-state index in [9.17, 15) is 17.6 Å². The molecule has 0 spiro atoms. The number of halogens is 4. The van der Waals surface area contributed by atoms with Crippen LogP contribution in [0.1, 0.15) is 11.5 Å². The van der Waals surface area contributed by atoms with Crippen LogP contribution in [-0.2, 0) is 12.3 Å². The van der Waals surface area contributed by atoms with Crippen molar-refractivity contribution in [1.29, 1.82) is 0 Å². The standard InChI is InChI=1S/C9H11F4NOS/c10-8(11)4-14-3-6-1-2-7(15-6)5-16-9(12)13/h1-2,8-9,14H,3-5H2. The fourth-order valence-corrected chi connectivity index (χ4v) is 1.49. The largest absolute Gasteiger partial charge is 0.464 e. The molecule has 7 heteroatoms. The van der Waals surface area contributed by atoms with Crippen molar-refractivity contribution in [3.8, 4) is 0 Å². The van der Waals surface area contributed by atoms with Gasteiger partial charge in [-0.15, -0.1) is 0 Å². The first-order valence-corrected chi connectivity index (χ1v) is 5.59. The molecular weight excluding hydrogens is 246 g/mol. The van der Waals surface area contributed by atoms with Crippen LogP contribution < -0.4 is 5.32 Å². The Morgan fingerprint density at radius 3 is 2.50 bits per heavy atom. The molecule has 0 unspecified atom stereocenters. The highest BCUT2D eigenvalue weighted by molar-refractivity contribution is 7.98. The molecule has 1 heterocycles. The van der Waals surface area contributed by atoms with Crippen molar-refractivity contribution >= 4 is 11.8 Å². The Kier molecular flexibility index (Phi) is 5.68. The lowest BCUT2D eigenvalue weighted by molar-refractivity contribution is 0.144. The van der Waals surface area contributed by atoms with Gasteiger partial charge in [-0.2, -0.15) is 8.78 Å². The van der Waals surface area contributed by atoms with Gasteiger partial charge in [0.1, 0.15) is 11.5 Å². The van der Waals surface area contributed by atoms with Crippen molar-refractivity contribution in [2.24, 2.45) is 0 Å². The maximum atomic E-state index is 11.8. The smallest absolute Gasteiger partial charge is 0.284 e. The lowest BCUT2D eigenvalue weighted by atomic mass is 10.4. The van der Waals surface area contributed by atoms with E-state index in [1.165, 1.54) is 0 Å². The third kappa shape index (κ3) is 5.41. The van der Waals surface area contributed by atoms with E-state index in [1.54, 1.807) is 12.1 Å². The third-order valence-electron chi connectivity index (χ3n) is 1.67. The molecule has 0 radical (unpaired) electrons. The third-order valence-corrected chi connectivity index (χ3v) is 2.37. The Balaban J connectivity index is 2.28. The Bertz CT molecular complexity index is 305. The summed E-state index contributed by atoms with van der Waals surface area (Å²) in [4.78, 5) is 0. The van der Waals surface area contributed by atoms with Crippen molar-refractivity contribution in [2.75, 3.05) is 6.54 Å². The van der Waals surface area contributed by atoms with Gasteiger partial charge in [0.15, 0.2) is 0 Å². The summed E-state index contributed by atoms with van der Waals surface area (Å²) in [7, 11) is 0. The quantitative estimate of drug-likeness (QED) is 0.760. The number of nitrogens with one attached hydrogen (secondary N) is 1. The molecule has 1 aromatic heterocycles. The summed E-state index contributed by atoms with van der Waals surface area (Å²) in [5.74, 6) is -1.48. The SMILES string of the molecule is FC(F)CNCc1ccc(CSC(F)F)o1. The molecule has 0 aliphatic carbocycles. The second-order valence-electron chi connectivity index (χ2n) is 2.96. The number of thioether (sulfide) groups is 1. The summed E-state index contributed by atoms with van der Waals surface area (Å²) in [6, 6.07) is 3.15. The van der Waals surface area contributed by atoms with Gasteiger partial charge < -0.3 is 9.73 Å². The summed E-state index contributed by atoms with van der Waals surface area (Å²) >= 11 is 0.459. The van der Waals surface area contributed by atoms with Crippen LogP contribution in [0.5, 0.6) is 0 Å². The fraction of sp³-hybridized carbons (Fsp3) is 0.556. The van der Waals surface area contributed by atoms with Crippen molar-refractivity contribution in [3.05, 3.63) is 23.7 Å². The second-order valence-corrected chi connectivity index (χ2v) is 3.94. The van der Waals surface area contributed by atoms with E-state index in [2.05, 4.69) is 5.32 Å². The highest BCUT2D eigenvalue weighted by atomic mass is 32.2.